The molecule has 10 heteroatoms. The number of benzene rings is 2. The number of carbonyl (C=O) groups is 1. The lowest BCUT2D eigenvalue weighted by Gasteiger charge is -2.30. The van der Waals surface area contributed by atoms with Crippen molar-refractivity contribution < 1.29 is 18.0 Å². The highest BCUT2D eigenvalue weighted by Gasteiger charge is 2.40. The van der Waals surface area contributed by atoms with Crippen LogP contribution < -0.4 is 10.6 Å². The first-order valence-electron chi connectivity index (χ1n) is 10.4. The van der Waals surface area contributed by atoms with Crippen molar-refractivity contribution >= 4 is 34.9 Å². The minimum atomic E-state index is -4.65. The zero-order valence-corrected chi connectivity index (χ0v) is 20.0. The summed E-state index contributed by atoms with van der Waals surface area (Å²) in [5.41, 5.74) is 1.98. The van der Waals surface area contributed by atoms with Gasteiger partial charge in [0.25, 0.3) is 5.91 Å². The number of aromatic nitrogens is 2. The van der Waals surface area contributed by atoms with Crippen LogP contribution in [-0.2, 0) is 11.0 Å². The van der Waals surface area contributed by atoms with Crippen LogP contribution in [0.3, 0.4) is 0 Å². The summed E-state index contributed by atoms with van der Waals surface area (Å²) in [5.74, 6) is -0.323. The topological polar surface area (TPSA) is 59.0 Å². The molecule has 1 aliphatic rings. The summed E-state index contributed by atoms with van der Waals surface area (Å²) < 4.78 is 41.5. The van der Waals surface area contributed by atoms with Gasteiger partial charge in [0, 0.05) is 11.8 Å². The number of nitrogens with one attached hydrogen (secondary N) is 2. The van der Waals surface area contributed by atoms with Crippen LogP contribution in [0.2, 0.25) is 10.0 Å². The van der Waals surface area contributed by atoms with Crippen molar-refractivity contribution in [1.29, 1.82) is 0 Å². The summed E-state index contributed by atoms with van der Waals surface area (Å²) in [6, 6.07) is 12.0. The normalized spacial score (nSPS) is 16.6. The number of halogens is 5. The van der Waals surface area contributed by atoms with E-state index in [9.17, 15) is 18.0 Å². The van der Waals surface area contributed by atoms with Crippen LogP contribution >= 0.6 is 23.2 Å². The summed E-state index contributed by atoms with van der Waals surface area (Å²) in [4.78, 5) is 13.5. The van der Waals surface area contributed by atoms with E-state index in [1.807, 2.05) is 38.1 Å². The largest absolute Gasteiger partial charge is 0.435 e. The van der Waals surface area contributed by atoms with Gasteiger partial charge < -0.3 is 10.6 Å². The van der Waals surface area contributed by atoms with Gasteiger partial charge in [0.1, 0.15) is 11.9 Å². The van der Waals surface area contributed by atoms with Crippen molar-refractivity contribution in [2.75, 3.05) is 5.32 Å². The molecule has 1 aromatic heterocycles. The van der Waals surface area contributed by atoms with Gasteiger partial charge in [-0.15, -0.1) is 0 Å². The van der Waals surface area contributed by atoms with E-state index in [1.165, 1.54) is 12.1 Å². The molecule has 2 N–H and O–H groups in total. The van der Waals surface area contributed by atoms with Crippen molar-refractivity contribution in [3.05, 3.63) is 92.2 Å². The number of anilines is 1. The third-order valence-corrected chi connectivity index (χ3v) is 6.51. The Kier molecular flexibility index (Phi) is 6.40. The van der Waals surface area contributed by atoms with E-state index < -0.39 is 23.8 Å². The number of nitrogens with zero attached hydrogens (tertiary/aromatic N) is 2. The lowest BCUT2D eigenvalue weighted by molar-refractivity contribution is -0.141. The Hall–Kier alpha value is -2.97. The van der Waals surface area contributed by atoms with Crippen LogP contribution in [-0.4, -0.2) is 15.7 Å². The molecule has 4 rings (SSSR count). The molecule has 0 saturated heterocycles. The number of alkyl halides is 3. The lowest BCUT2D eigenvalue weighted by atomic mass is 9.94. The molecule has 1 amide bonds. The summed E-state index contributed by atoms with van der Waals surface area (Å²) in [7, 11) is 0. The van der Waals surface area contributed by atoms with E-state index in [0.717, 1.165) is 21.9 Å². The standard InChI is InChI=1S/C24H21Cl2F3N4O/c1-12-6-4-5-7-16(12)13(2)31-23(34)21-14(3)30-20-11-19(24(27,28)29)32-33(20)22(21)15-8-9-17(25)18(26)10-15/h4-11,13,22,30H,1-3H3,(H,31,34). The van der Waals surface area contributed by atoms with Crippen molar-refractivity contribution in [2.24, 2.45) is 0 Å². The quantitative estimate of drug-likeness (QED) is 0.413. The fourth-order valence-corrected chi connectivity index (χ4v) is 4.43. The van der Waals surface area contributed by atoms with Crippen LogP contribution in [0.15, 0.2) is 59.8 Å². The molecule has 0 radical (unpaired) electrons. The second-order valence-corrected chi connectivity index (χ2v) is 8.96. The summed E-state index contributed by atoms with van der Waals surface area (Å²) >= 11 is 12.3. The molecular weight excluding hydrogens is 488 g/mol. The van der Waals surface area contributed by atoms with E-state index in [1.54, 1.807) is 13.0 Å². The van der Waals surface area contributed by atoms with Crippen LogP contribution in [0.5, 0.6) is 0 Å². The molecule has 0 spiro atoms. The van der Waals surface area contributed by atoms with Gasteiger partial charge in [-0.05, 0) is 49.6 Å². The molecule has 2 unspecified atom stereocenters. The summed E-state index contributed by atoms with van der Waals surface area (Å²) in [6.45, 7) is 5.43. The molecular formula is C24H21Cl2F3N4O. The number of hydrogen-bond acceptors (Lipinski definition) is 3. The number of fused-ring (bicyclic) bond motifs is 1. The summed E-state index contributed by atoms with van der Waals surface area (Å²) in [6.07, 6.45) is -4.65. The molecule has 5 nitrogen and oxygen atoms in total. The van der Waals surface area contributed by atoms with Gasteiger partial charge in [-0.3, -0.25) is 4.79 Å². The van der Waals surface area contributed by atoms with Gasteiger partial charge in [0.15, 0.2) is 5.69 Å². The monoisotopic (exact) mass is 508 g/mol. The van der Waals surface area contributed by atoms with E-state index in [2.05, 4.69) is 15.7 Å². The van der Waals surface area contributed by atoms with Crippen molar-refractivity contribution in [3.8, 4) is 0 Å². The molecule has 0 bridgehead atoms. The first-order chi connectivity index (χ1) is 16.0. The van der Waals surface area contributed by atoms with Crippen molar-refractivity contribution in [3.63, 3.8) is 0 Å². The molecule has 2 atom stereocenters. The minimum absolute atomic E-state index is 0.115. The van der Waals surface area contributed by atoms with Crippen molar-refractivity contribution in [1.82, 2.24) is 15.1 Å². The molecule has 1 aliphatic heterocycles. The Morgan fingerprint density at radius 1 is 1.12 bits per heavy atom. The molecule has 3 aromatic rings. The van der Waals surface area contributed by atoms with Crippen LogP contribution in [0.4, 0.5) is 19.0 Å². The van der Waals surface area contributed by atoms with Gasteiger partial charge in [0.2, 0.25) is 0 Å². The molecule has 2 aromatic carbocycles. The Bertz CT molecular complexity index is 1300. The van der Waals surface area contributed by atoms with Gasteiger partial charge in [0.05, 0.1) is 21.7 Å². The van der Waals surface area contributed by atoms with Crippen LogP contribution in [0.1, 0.15) is 48.3 Å². The SMILES string of the molecule is CC1=C(C(=O)NC(C)c2ccccc2C)C(c2ccc(Cl)c(Cl)c2)n2nc(C(F)(F)F)cc2N1. The second kappa shape index (κ2) is 9.00. The first-order valence-corrected chi connectivity index (χ1v) is 11.2. The molecule has 0 aliphatic carbocycles. The lowest BCUT2D eigenvalue weighted by Crippen LogP contribution is -2.36. The Labute approximate surface area is 204 Å². The first kappa shape index (κ1) is 24.2. The average molecular weight is 509 g/mol. The van der Waals surface area contributed by atoms with E-state index in [-0.39, 0.29) is 27.5 Å². The fourth-order valence-electron chi connectivity index (χ4n) is 4.12. The fraction of sp³-hybridized carbons (Fsp3) is 0.250. The van der Waals surface area contributed by atoms with Gasteiger partial charge in [-0.2, -0.15) is 18.3 Å². The van der Waals surface area contributed by atoms with Crippen molar-refractivity contribution in [2.45, 2.75) is 39.0 Å². The Balaban J connectivity index is 1.79. The third-order valence-electron chi connectivity index (χ3n) is 5.77. The number of allylic oxidation sites excluding steroid dienone is 1. The molecule has 2 heterocycles. The second-order valence-electron chi connectivity index (χ2n) is 8.15. The predicted octanol–water partition coefficient (Wildman–Crippen LogP) is 6.68. The highest BCUT2D eigenvalue weighted by atomic mass is 35.5. The van der Waals surface area contributed by atoms with E-state index in [0.29, 0.717) is 11.3 Å². The zero-order chi connectivity index (χ0) is 24.8. The number of carbonyl (C=O) groups excluding carboxylic acids is 1. The van der Waals surface area contributed by atoms with Crippen LogP contribution in [0, 0.1) is 6.92 Å². The molecule has 178 valence electrons. The number of amides is 1. The average Bonchev–Trinajstić information content (AvgIpc) is 3.19. The van der Waals surface area contributed by atoms with E-state index >= 15 is 0 Å². The minimum Gasteiger partial charge on any atom is -0.346 e. The van der Waals surface area contributed by atoms with E-state index in [4.69, 9.17) is 23.2 Å². The third kappa shape index (κ3) is 4.52. The number of hydrogen-bond donors (Lipinski definition) is 2. The highest BCUT2D eigenvalue weighted by molar-refractivity contribution is 6.42. The van der Waals surface area contributed by atoms with Gasteiger partial charge in [-0.1, -0.05) is 53.5 Å². The Morgan fingerprint density at radius 3 is 2.47 bits per heavy atom. The Morgan fingerprint density at radius 2 is 1.82 bits per heavy atom. The zero-order valence-electron chi connectivity index (χ0n) is 18.5. The molecule has 0 saturated carbocycles. The number of rotatable bonds is 4. The summed E-state index contributed by atoms with van der Waals surface area (Å²) in [5, 5.41) is 10.2. The van der Waals surface area contributed by atoms with Gasteiger partial charge in [-0.25, -0.2) is 4.68 Å². The highest BCUT2D eigenvalue weighted by Crippen LogP contribution is 2.40. The smallest absolute Gasteiger partial charge is 0.346 e. The molecule has 0 fully saturated rings. The molecule has 34 heavy (non-hydrogen) atoms. The maximum atomic E-state index is 13.5. The maximum Gasteiger partial charge on any atom is 0.435 e. The maximum absolute atomic E-state index is 13.5. The van der Waals surface area contributed by atoms with Crippen LogP contribution in [0.25, 0.3) is 0 Å². The number of aryl methyl sites for hydroxylation is 1. The van der Waals surface area contributed by atoms with Gasteiger partial charge >= 0.3 is 6.18 Å². The predicted molar refractivity (Wildman–Crippen MR) is 126 cm³/mol.